The Morgan fingerprint density at radius 1 is 1.14 bits per heavy atom. The maximum atomic E-state index is 12.0. The van der Waals surface area contributed by atoms with Gasteiger partial charge in [0.25, 0.3) is 0 Å². The smallest absolute Gasteiger partial charge is 0.407 e. The van der Waals surface area contributed by atoms with Crippen LogP contribution in [-0.2, 0) is 9.47 Å². The second-order valence-corrected chi connectivity index (χ2v) is 6.99. The van der Waals surface area contributed by atoms with E-state index >= 15 is 0 Å². The van der Waals surface area contributed by atoms with Crippen LogP contribution in [-0.4, -0.2) is 44.5 Å². The summed E-state index contributed by atoms with van der Waals surface area (Å²) in [6.45, 7) is 12.7. The Balaban J connectivity index is 4.80. The van der Waals surface area contributed by atoms with Gasteiger partial charge in [0.1, 0.15) is 5.60 Å². The van der Waals surface area contributed by atoms with Crippen LogP contribution >= 0.6 is 0 Å². The van der Waals surface area contributed by atoms with Crippen LogP contribution in [0.2, 0.25) is 0 Å². The topological polar surface area (TPSA) is 59.6 Å². The largest absolute Gasteiger partial charge is 0.444 e. The number of hydrogen-bond donors (Lipinski definition) is 2. The summed E-state index contributed by atoms with van der Waals surface area (Å²) in [6, 6.07) is 0.185. The first-order chi connectivity index (χ1) is 9.62. The van der Waals surface area contributed by atoms with E-state index in [0.29, 0.717) is 11.8 Å². The number of carbonyl (C=O) groups excluding carboxylic acids is 1. The Morgan fingerprint density at radius 2 is 1.71 bits per heavy atom. The van der Waals surface area contributed by atoms with Gasteiger partial charge in [-0.05, 0) is 46.1 Å². The Morgan fingerprint density at radius 3 is 2.10 bits per heavy atom. The lowest BCUT2D eigenvalue weighted by molar-refractivity contribution is 0.0461. The number of ether oxygens (including phenoxy) is 2. The average molecular weight is 302 g/mol. The molecule has 21 heavy (non-hydrogen) atoms. The maximum Gasteiger partial charge on any atom is 0.407 e. The minimum Gasteiger partial charge on any atom is -0.444 e. The summed E-state index contributed by atoms with van der Waals surface area (Å²) in [5.41, 5.74) is -0.484. The minimum absolute atomic E-state index is 0.0108. The summed E-state index contributed by atoms with van der Waals surface area (Å²) in [4.78, 5) is 12.0. The highest BCUT2D eigenvalue weighted by Gasteiger charge is 2.30. The molecule has 0 saturated carbocycles. The van der Waals surface area contributed by atoms with Crippen molar-refractivity contribution in [1.82, 2.24) is 10.6 Å². The summed E-state index contributed by atoms with van der Waals surface area (Å²) in [5, 5.41) is 6.35. The molecule has 3 atom stereocenters. The van der Waals surface area contributed by atoms with Crippen molar-refractivity contribution in [3.8, 4) is 0 Å². The first-order valence-electron chi connectivity index (χ1n) is 7.78. The second-order valence-electron chi connectivity index (χ2n) is 6.99. The zero-order chi connectivity index (χ0) is 16.6. The molecule has 126 valence electrons. The van der Waals surface area contributed by atoms with Crippen molar-refractivity contribution in [3.05, 3.63) is 0 Å². The molecule has 0 aliphatic carbocycles. The number of alkyl carbamates (subject to hydrolysis) is 1. The molecule has 2 N–H and O–H groups in total. The third kappa shape index (κ3) is 8.27. The molecule has 0 aliphatic rings. The molecule has 0 saturated heterocycles. The maximum absolute atomic E-state index is 12.0. The molecule has 0 aromatic heterocycles. The predicted molar refractivity (Wildman–Crippen MR) is 86.5 cm³/mol. The number of likely N-dealkylation sites (N-methyl/N-ethyl adjacent to an activating group) is 1. The van der Waals surface area contributed by atoms with E-state index in [1.165, 1.54) is 0 Å². The van der Waals surface area contributed by atoms with Crippen LogP contribution in [0.25, 0.3) is 0 Å². The van der Waals surface area contributed by atoms with Gasteiger partial charge < -0.3 is 20.1 Å². The second kappa shape index (κ2) is 9.26. The van der Waals surface area contributed by atoms with E-state index in [2.05, 4.69) is 31.4 Å². The van der Waals surface area contributed by atoms with Crippen molar-refractivity contribution in [2.24, 2.45) is 11.8 Å². The van der Waals surface area contributed by atoms with Gasteiger partial charge in [-0.3, -0.25) is 0 Å². The van der Waals surface area contributed by atoms with Crippen molar-refractivity contribution in [2.75, 3.05) is 20.8 Å². The molecule has 5 heteroatoms. The molecule has 0 radical (unpaired) electrons. The summed E-state index contributed by atoms with van der Waals surface area (Å²) < 4.78 is 10.5. The zero-order valence-corrected chi connectivity index (χ0v) is 14.9. The molecule has 0 spiro atoms. The Kier molecular flexibility index (Phi) is 8.90. The van der Waals surface area contributed by atoms with Gasteiger partial charge in [-0.2, -0.15) is 0 Å². The molecule has 0 heterocycles. The lowest BCUT2D eigenvalue weighted by atomic mass is 9.86. The van der Waals surface area contributed by atoms with Crippen LogP contribution in [0.5, 0.6) is 0 Å². The number of rotatable bonds is 8. The van der Waals surface area contributed by atoms with Crippen molar-refractivity contribution < 1.29 is 14.3 Å². The van der Waals surface area contributed by atoms with Crippen LogP contribution in [0.1, 0.15) is 48.0 Å². The SMILES string of the molecule is CNC(C(C)CCOC)C(NC(=O)OC(C)(C)C)C(C)C. The van der Waals surface area contributed by atoms with Gasteiger partial charge in [-0.25, -0.2) is 4.79 Å². The van der Waals surface area contributed by atoms with E-state index in [4.69, 9.17) is 9.47 Å². The van der Waals surface area contributed by atoms with E-state index < -0.39 is 5.60 Å². The highest BCUT2D eigenvalue weighted by Crippen LogP contribution is 2.18. The van der Waals surface area contributed by atoms with E-state index in [0.717, 1.165) is 13.0 Å². The number of amides is 1. The van der Waals surface area contributed by atoms with E-state index in [-0.39, 0.29) is 18.2 Å². The van der Waals surface area contributed by atoms with E-state index in [1.807, 2.05) is 27.8 Å². The van der Waals surface area contributed by atoms with Gasteiger partial charge in [-0.15, -0.1) is 0 Å². The lowest BCUT2D eigenvalue weighted by Gasteiger charge is -2.35. The van der Waals surface area contributed by atoms with Crippen molar-refractivity contribution >= 4 is 6.09 Å². The lowest BCUT2D eigenvalue weighted by Crippen LogP contribution is -2.55. The molecule has 5 nitrogen and oxygen atoms in total. The summed E-state index contributed by atoms with van der Waals surface area (Å²) in [5.74, 6) is 0.692. The molecule has 0 aromatic carbocycles. The van der Waals surface area contributed by atoms with Gasteiger partial charge in [0, 0.05) is 19.8 Å². The van der Waals surface area contributed by atoms with E-state index in [1.54, 1.807) is 7.11 Å². The third-order valence-electron chi connectivity index (χ3n) is 3.51. The van der Waals surface area contributed by atoms with E-state index in [9.17, 15) is 4.79 Å². The first-order valence-corrected chi connectivity index (χ1v) is 7.78. The highest BCUT2D eigenvalue weighted by atomic mass is 16.6. The summed E-state index contributed by atoms with van der Waals surface area (Å²) in [6.07, 6.45) is 0.585. The molecule has 0 rings (SSSR count). The zero-order valence-electron chi connectivity index (χ0n) is 14.9. The molecule has 3 unspecified atom stereocenters. The monoisotopic (exact) mass is 302 g/mol. The quantitative estimate of drug-likeness (QED) is 0.724. The fourth-order valence-electron chi connectivity index (χ4n) is 2.42. The van der Waals surface area contributed by atoms with Crippen LogP contribution in [0.3, 0.4) is 0 Å². The van der Waals surface area contributed by atoms with Gasteiger partial charge in [-0.1, -0.05) is 20.8 Å². The summed E-state index contributed by atoms with van der Waals surface area (Å²) >= 11 is 0. The normalized spacial score (nSPS) is 16.4. The third-order valence-corrected chi connectivity index (χ3v) is 3.51. The number of carbonyl (C=O) groups is 1. The highest BCUT2D eigenvalue weighted by molar-refractivity contribution is 5.68. The van der Waals surface area contributed by atoms with Crippen molar-refractivity contribution in [3.63, 3.8) is 0 Å². The molecule has 1 amide bonds. The fourth-order valence-corrected chi connectivity index (χ4v) is 2.42. The van der Waals surface area contributed by atoms with Gasteiger partial charge in [0.2, 0.25) is 0 Å². The Bertz CT molecular complexity index is 300. The number of nitrogens with one attached hydrogen (secondary N) is 2. The fraction of sp³-hybridized carbons (Fsp3) is 0.938. The summed E-state index contributed by atoms with van der Waals surface area (Å²) in [7, 11) is 3.64. The Labute approximate surface area is 130 Å². The average Bonchev–Trinajstić information content (AvgIpc) is 2.33. The van der Waals surface area contributed by atoms with Gasteiger partial charge in [0.15, 0.2) is 0 Å². The van der Waals surface area contributed by atoms with Gasteiger partial charge >= 0.3 is 6.09 Å². The van der Waals surface area contributed by atoms with Crippen LogP contribution in [0, 0.1) is 11.8 Å². The van der Waals surface area contributed by atoms with Crippen molar-refractivity contribution in [1.29, 1.82) is 0 Å². The number of hydrogen-bond acceptors (Lipinski definition) is 4. The molecule has 0 aliphatic heterocycles. The molecule has 0 aromatic rings. The Hall–Kier alpha value is -0.810. The molecular weight excluding hydrogens is 268 g/mol. The first kappa shape index (κ1) is 20.2. The van der Waals surface area contributed by atoms with Gasteiger partial charge in [0.05, 0.1) is 6.04 Å². The van der Waals surface area contributed by atoms with Crippen LogP contribution < -0.4 is 10.6 Å². The molecule has 0 bridgehead atoms. The molecule has 0 fully saturated rings. The van der Waals surface area contributed by atoms with Crippen LogP contribution in [0.4, 0.5) is 4.79 Å². The van der Waals surface area contributed by atoms with Crippen LogP contribution in [0.15, 0.2) is 0 Å². The van der Waals surface area contributed by atoms with Crippen molar-refractivity contribution in [2.45, 2.75) is 65.6 Å². The standard InChI is InChI=1S/C16H34N2O3/c1-11(2)13(18-15(19)21-16(4,5)6)14(17-7)12(3)9-10-20-8/h11-14,17H,9-10H2,1-8H3,(H,18,19). The molecular formula is C16H34N2O3. The minimum atomic E-state index is -0.484. The predicted octanol–water partition coefficient (Wildman–Crippen LogP) is 2.80. The number of methoxy groups -OCH3 is 1.